The SMILES string of the molecule is O=c1cnccn1CCN1CCN(c2ccc3c(=O)n(C4CCCC4)cnc3c2)CC1. The van der Waals surface area contributed by atoms with Gasteiger partial charge in [-0.15, -0.1) is 0 Å². The largest absolute Gasteiger partial charge is 0.369 e. The Labute approximate surface area is 180 Å². The van der Waals surface area contributed by atoms with Gasteiger partial charge in [0.05, 0.1) is 23.4 Å². The highest BCUT2D eigenvalue weighted by molar-refractivity contribution is 5.81. The van der Waals surface area contributed by atoms with E-state index < -0.39 is 0 Å². The van der Waals surface area contributed by atoms with Crippen LogP contribution in [-0.4, -0.2) is 56.7 Å². The summed E-state index contributed by atoms with van der Waals surface area (Å²) in [6.07, 6.45) is 11.0. The zero-order chi connectivity index (χ0) is 21.2. The molecule has 5 rings (SSSR count). The van der Waals surface area contributed by atoms with Gasteiger partial charge < -0.3 is 9.47 Å². The molecule has 0 atom stereocenters. The van der Waals surface area contributed by atoms with E-state index in [1.54, 1.807) is 23.3 Å². The minimum Gasteiger partial charge on any atom is -0.369 e. The predicted octanol–water partition coefficient (Wildman–Crippen LogP) is 1.89. The standard InChI is InChI=1S/C23H28N6O2/c30-22-16-24-7-8-28(22)14-11-26-9-12-27(13-10-26)19-5-6-20-21(15-19)25-17-29(23(20)31)18-3-1-2-4-18/h5-8,15-18H,1-4,9-14H2. The Morgan fingerprint density at radius 1 is 1.00 bits per heavy atom. The molecule has 8 heteroatoms. The second kappa shape index (κ2) is 8.63. The minimum atomic E-state index is -0.0585. The topological polar surface area (TPSA) is 76.3 Å². The fraction of sp³-hybridized carbons (Fsp3) is 0.478. The van der Waals surface area contributed by atoms with Gasteiger partial charge in [0.2, 0.25) is 0 Å². The molecule has 0 N–H and O–H groups in total. The fourth-order valence-electron chi connectivity index (χ4n) is 4.80. The first kappa shape index (κ1) is 19.9. The highest BCUT2D eigenvalue weighted by atomic mass is 16.1. The number of hydrogen-bond acceptors (Lipinski definition) is 6. The van der Waals surface area contributed by atoms with Crippen molar-refractivity contribution in [2.75, 3.05) is 37.6 Å². The number of fused-ring (bicyclic) bond motifs is 1. The summed E-state index contributed by atoms with van der Waals surface area (Å²) in [7, 11) is 0. The van der Waals surface area contributed by atoms with Crippen LogP contribution in [0.15, 0.2) is 52.7 Å². The van der Waals surface area contributed by atoms with Crippen LogP contribution in [0, 0.1) is 0 Å². The van der Waals surface area contributed by atoms with Crippen LogP contribution in [0.5, 0.6) is 0 Å². The van der Waals surface area contributed by atoms with Crippen molar-refractivity contribution in [3.63, 3.8) is 0 Å². The summed E-state index contributed by atoms with van der Waals surface area (Å²) >= 11 is 0. The summed E-state index contributed by atoms with van der Waals surface area (Å²) in [6, 6.07) is 6.34. The number of benzene rings is 1. The van der Waals surface area contributed by atoms with E-state index in [2.05, 4.69) is 25.8 Å². The van der Waals surface area contributed by atoms with Gasteiger partial charge in [-0.2, -0.15) is 0 Å². The number of hydrogen-bond donors (Lipinski definition) is 0. The molecule has 1 saturated heterocycles. The van der Waals surface area contributed by atoms with E-state index in [0.717, 1.165) is 56.8 Å². The average molecular weight is 421 g/mol. The normalized spacial score (nSPS) is 18.1. The molecule has 1 aliphatic carbocycles. The Morgan fingerprint density at radius 2 is 1.81 bits per heavy atom. The monoisotopic (exact) mass is 420 g/mol. The zero-order valence-electron chi connectivity index (χ0n) is 17.7. The van der Waals surface area contributed by atoms with Crippen LogP contribution in [0.2, 0.25) is 0 Å². The van der Waals surface area contributed by atoms with Crippen LogP contribution in [0.3, 0.4) is 0 Å². The first-order chi connectivity index (χ1) is 15.2. The second-order valence-corrected chi connectivity index (χ2v) is 8.53. The Balaban J connectivity index is 1.24. The third kappa shape index (κ3) is 4.12. The van der Waals surface area contributed by atoms with Crippen molar-refractivity contribution >= 4 is 16.6 Å². The number of anilines is 1. The Morgan fingerprint density at radius 3 is 2.58 bits per heavy atom. The maximum atomic E-state index is 12.9. The molecule has 1 saturated carbocycles. The van der Waals surface area contributed by atoms with E-state index in [1.165, 1.54) is 19.0 Å². The second-order valence-electron chi connectivity index (χ2n) is 8.53. The van der Waals surface area contributed by atoms with Gasteiger partial charge in [0, 0.05) is 63.4 Å². The third-order valence-corrected chi connectivity index (χ3v) is 6.68. The van der Waals surface area contributed by atoms with Crippen molar-refractivity contribution in [1.82, 2.24) is 24.0 Å². The fourth-order valence-corrected chi connectivity index (χ4v) is 4.80. The Bertz CT molecular complexity index is 1170. The highest BCUT2D eigenvalue weighted by Crippen LogP contribution is 2.28. The molecule has 0 radical (unpaired) electrons. The van der Waals surface area contributed by atoms with Gasteiger partial charge in [0.1, 0.15) is 0 Å². The molecular formula is C23H28N6O2. The van der Waals surface area contributed by atoms with E-state index in [-0.39, 0.29) is 11.1 Å². The van der Waals surface area contributed by atoms with Crippen LogP contribution in [0.25, 0.3) is 10.9 Å². The van der Waals surface area contributed by atoms with E-state index >= 15 is 0 Å². The molecule has 3 heterocycles. The van der Waals surface area contributed by atoms with Gasteiger partial charge in [-0.25, -0.2) is 4.98 Å². The van der Waals surface area contributed by atoms with E-state index in [1.807, 2.05) is 16.7 Å². The number of piperazine rings is 1. The summed E-state index contributed by atoms with van der Waals surface area (Å²) in [5.74, 6) is 0. The number of nitrogens with zero attached hydrogens (tertiary/aromatic N) is 6. The average Bonchev–Trinajstić information content (AvgIpc) is 3.34. The lowest BCUT2D eigenvalue weighted by atomic mass is 10.1. The van der Waals surface area contributed by atoms with E-state index in [0.29, 0.717) is 18.0 Å². The van der Waals surface area contributed by atoms with Gasteiger partial charge in [-0.1, -0.05) is 12.8 Å². The summed E-state index contributed by atoms with van der Waals surface area (Å²) in [4.78, 5) is 37.9. The van der Waals surface area contributed by atoms with Crippen LogP contribution >= 0.6 is 0 Å². The molecule has 0 bridgehead atoms. The van der Waals surface area contributed by atoms with E-state index in [4.69, 9.17) is 0 Å². The third-order valence-electron chi connectivity index (χ3n) is 6.68. The molecule has 8 nitrogen and oxygen atoms in total. The van der Waals surface area contributed by atoms with Crippen molar-refractivity contribution in [2.24, 2.45) is 0 Å². The van der Waals surface area contributed by atoms with Gasteiger partial charge in [-0.05, 0) is 31.0 Å². The lowest BCUT2D eigenvalue weighted by Crippen LogP contribution is -2.47. The van der Waals surface area contributed by atoms with Crippen molar-refractivity contribution in [1.29, 1.82) is 0 Å². The lowest BCUT2D eigenvalue weighted by Gasteiger charge is -2.36. The molecule has 2 fully saturated rings. The van der Waals surface area contributed by atoms with E-state index in [9.17, 15) is 9.59 Å². The van der Waals surface area contributed by atoms with Crippen molar-refractivity contribution in [3.05, 3.63) is 63.8 Å². The molecule has 31 heavy (non-hydrogen) atoms. The molecule has 2 aliphatic rings. The highest BCUT2D eigenvalue weighted by Gasteiger charge is 2.20. The summed E-state index contributed by atoms with van der Waals surface area (Å²) in [5.41, 5.74) is 1.91. The molecule has 3 aromatic rings. The van der Waals surface area contributed by atoms with Crippen LogP contribution in [0.1, 0.15) is 31.7 Å². The first-order valence-electron chi connectivity index (χ1n) is 11.2. The van der Waals surface area contributed by atoms with Crippen LogP contribution in [0.4, 0.5) is 5.69 Å². The summed E-state index contributed by atoms with van der Waals surface area (Å²) < 4.78 is 3.54. The molecular weight excluding hydrogens is 392 g/mol. The molecule has 0 spiro atoms. The van der Waals surface area contributed by atoms with Gasteiger partial charge in [-0.3, -0.25) is 24.0 Å². The molecule has 1 aromatic carbocycles. The molecule has 0 unspecified atom stereocenters. The van der Waals surface area contributed by atoms with Gasteiger partial charge >= 0.3 is 0 Å². The summed E-state index contributed by atoms with van der Waals surface area (Å²) in [5, 5.41) is 0.708. The maximum absolute atomic E-state index is 12.9. The molecule has 1 aliphatic heterocycles. The number of aromatic nitrogens is 4. The van der Waals surface area contributed by atoms with Crippen molar-refractivity contribution in [2.45, 2.75) is 38.3 Å². The molecule has 2 aromatic heterocycles. The smallest absolute Gasteiger partial charge is 0.269 e. The zero-order valence-corrected chi connectivity index (χ0v) is 17.7. The Hall–Kier alpha value is -3.00. The Kier molecular flexibility index (Phi) is 5.55. The predicted molar refractivity (Wildman–Crippen MR) is 121 cm³/mol. The molecule has 0 amide bonds. The quantitative estimate of drug-likeness (QED) is 0.628. The van der Waals surface area contributed by atoms with Crippen LogP contribution in [-0.2, 0) is 6.54 Å². The summed E-state index contributed by atoms with van der Waals surface area (Å²) in [6.45, 7) is 5.22. The van der Waals surface area contributed by atoms with Crippen LogP contribution < -0.4 is 16.0 Å². The molecule has 162 valence electrons. The van der Waals surface area contributed by atoms with Gasteiger partial charge in [0.15, 0.2) is 0 Å². The van der Waals surface area contributed by atoms with Crippen molar-refractivity contribution in [3.8, 4) is 0 Å². The first-order valence-corrected chi connectivity index (χ1v) is 11.2. The lowest BCUT2D eigenvalue weighted by molar-refractivity contribution is 0.247. The minimum absolute atomic E-state index is 0.0585. The maximum Gasteiger partial charge on any atom is 0.269 e. The number of rotatable bonds is 5. The van der Waals surface area contributed by atoms with Gasteiger partial charge in [0.25, 0.3) is 11.1 Å². The van der Waals surface area contributed by atoms with Crippen molar-refractivity contribution < 1.29 is 0 Å².